The highest BCUT2D eigenvalue weighted by Crippen LogP contribution is 2.36. The van der Waals surface area contributed by atoms with Gasteiger partial charge >= 0.3 is 0 Å². The summed E-state index contributed by atoms with van der Waals surface area (Å²) in [6, 6.07) is 4.65. The van der Waals surface area contributed by atoms with Crippen molar-refractivity contribution >= 4 is 5.69 Å². The molecule has 0 heterocycles. The Balaban J connectivity index is 3.50. The summed E-state index contributed by atoms with van der Waals surface area (Å²) in [7, 11) is 2.14. The average Bonchev–Trinajstić information content (AvgIpc) is 2.27. The lowest BCUT2D eigenvalue weighted by Gasteiger charge is -2.26. The third-order valence-electron chi connectivity index (χ3n) is 3.28. The Kier molecular flexibility index (Phi) is 5.01. The lowest BCUT2D eigenvalue weighted by molar-refractivity contribution is 0.824. The third kappa shape index (κ3) is 3.16. The van der Waals surface area contributed by atoms with E-state index >= 15 is 0 Å². The van der Waals surface area contributed by atoms with Crippen LogP contribution in [0.15, 0.2) is 24.4 Å². The van der Waals surface area contributed by atoms with Gasteiger partial charge in [-0.05, 0) is 43.0 Å². The van der Waals surface area contributed by atoms with Crippen molar-refractivity contribution in [2.75, 3.05) is 11.9 Å². The van der Waals surface area contributed by atoms with Crippen molar-refractivity contribution in [2.45, 2.75) is 53.4 Å². The standard InChI is InChI=1S/C17H27N/c1-8-9-18(7)17-15(12(2)3)10-14(6)11-16(17)13(4)5/h8-13H,1-7H3. The number of hydrogen-bond acceptors (Lipinski definition) is 1. The second-order valence-corrected chi connectivity index (χ2v) is 5.69. The van der Waals surface area contributed by atoms with Crippen LogP contribution >= 0.6 is 0 Å². The van der Waals surface area contributed by atoms with Crippen molar-refractivity contribution < 1.29 is 0 Å². The highest BCUT2D eigenvalue weighted by Gasteiger charge is 2.16. The molecule has 1 aromatic carbocycles. The van der Waals surface area contributed by atoms with E-state index in [9.17, 15) is 0 Å². The first-order valence-electron chi connectivity index (χ1n) is 6.88. The number of anilines is 1. The van der Waals surface area contributed by atoms with Crippen molar-refractivity contribution in [1.29, 1.82) is 0 Å². The van der Waals surface area contributed by atoms with Gasteiger partial charge in [0.05, 0.1) is 0 Å². The summed E-state index contributed by atoms with van der Waals surface area (Å²) in [6.07, 6.45) is 4.23. The molecular weight excluding hydrogens is 218 g/mol. The number of rotatable bonds is 4. The maximum atomic E-state index is 2.33. The van der Waals surface area contributed by atoms with Gasteiger partial charge in [-0.2, -0.15) is 0 Å². The molecule has 0 aliphatic carbocycles. The predicted octanol–water partition coefficient (Wildman–Crippen LogP) is 5.21. The Morgan fingerprint density at radius 2 is 1.44 bits per heavy atom. The van der Waals surface area contributed by atoms with Crippen LogP contribution in [0.4, 0.5) is 5.69 Å². The van der Waals surface area contributed by atoms with Gasteiger partial charge in [-0.25, -0.2) is 0 Å². The molecule has 0 N–H and O–H groups in total. The number of hydrogen-bond donors (Lipinski definition) is 0. The van der Waals surface area contributed by atoms with Gasteiger partial charge in [-0.15, -0.1) is 0 Å². The zero-order valence-corrected chi connectivity index (χ0v) is 12.9. The Hall–Kier alpha value is -1.24. The topological polar surface area (TPSA) is 3.24 Å². The van der Waals surface area contributed by atoms with E-state index in [2.05, 4.69) is 77.9 Å². The molecule has 0 spiro atoms. The molecule has 0 radical (unpaired) electrons. The van der Waals surface area contributed by atoms with E-state index < -0.39 is 0 Å². The van der Waals surface area contributed by atoms with Gasteiger partial charge in [0.1, 0.15) is 0 Å². The Labute approximate surface area is 113 Å². The largest absolute Gasteiger partial charge is 0.351 e. The monoisotopic (exact) mass is 245 g/mol. The van der Waals surface area contributed by atoms with Gasteiger partial charge in [0.25, 0.3) is 0 Å². The van der Waals surface area contributed by atoms with Crippen molar-refractivity contribution in [3.8, 4) is 0 Å². The molecule has 1 rings (SSSR count). The van der Waals surface area contributed by atoms with Crippen LogP contribution in [0.1, 0.15) is 63.1 Å². The average molecular weight is 245 g/mol. The number of benzene rings is 1. The summed E-state index contributed by atoms with van der Waals surface area (Å²) in [4.78, 5) is 2.25. The van der Waals surface area contributed by atoms with E-state index in [0.717, 1.165) is 0 Å². The van der Waals surface area contributed by atoms with Gasteiger partial charge in [0, 0.05) is 12.7 Å². The minimum Gasteiger partial charge on any atom is -0.351 e. The van der Waals surface area contributed by atoms with Crippen LogP contribution in [0, 0.1) is 6.92 Å². The van der Waals surface area contributed by atoms with Gasteiger partial charge in [-0.1, -0.05) is 51.5 Å². The smallest absolute Gasteiger partial charge is 0.0473 e. The lowest BCUT2D eigenvalue weighted by Crippen LogP contribution is -2.15. The Morgan fingerprint density at radius 1 is 1.00 bits per heavy atom. The first-order valence-corrected chi connectivity index (χ1v) is 6.88. The fourth-order valence-electron chi connectivity index (χ4n) is 2.42. The van der Waals surface area contributed by atoms with Crippen LogP contribution in [-0.2, 0) is 0 Å². The highest BCUT2D eigenvalue weighted by molar-refractivity contribution is 5.64. The van der Waals surface area contributed by atoms with Crippen molar-refractivity contribution in [1.82, 2.24) is 0 Å². The second kappa shape index (κ2) is 6.08. The molecular formula is C17H27N. The Bertz CT molecular complexity index is 398. The van der Waals surface area contributed by atoms with E-state index in [1.165, 1.54) is 22.4 Å². The van der Waals surface area contributed by atoms with E-state index in [4.69, 9.17) is 0 Å². The molecule has 18 heavy (non-hydrogen) atoms. The summed E-state index contributed by atoms with van der Waals surface area (Å²) < 4.78 is 0. The molecule has 0 saturated carbocycles. The van der Waals surface area contributed by atoms with Crippen LogP contribution in [0.25, 0.3) is 0 Å². The molecule has 1 aromatic rings. The zero-order valence-electron chi connectivity index (χ0n) is 12.9. The zero-order chi connectivity index (χ0) is 13.9. The van der Waals surface area contributed by atoms with Crippen molar-refractivity contribution in [3.63, 3.8) is 0 Å². The maximum absolute atomic E-state index is 2.33. The summed E-state index contributed by atoms with van der Waals surface area (Å²) in [5.74, 6) is 1.09. The summed E-state index contributed by atoms with van der Waals surface area (Å²) in [5, 5.41) is 0. The van der Waals surface area contributed by atoms with Crippen LogP contribution in [-0.4, -0.2) is 7.05 Å². The number of allylic oxidation sites excluding steroid dienone is 1. The predicted molar refractivity (Wildman–Crippen MR) is 82.6 cm³/mol. The molecule has 0 aliphatic heterocycles. The summed E-state index contributed by atoms with van der Waals surface area (Å²) >= 11 is 0. The first-order chi connectivity index (χ1) is 8.38. The van der Waals surface area contributed by atoms with Crippen LogP contribution in [0.3, 0.4) is 0 Å². The van der Waals surface area contributed by atoms with E-state index in [-0.39, 0.29) is 0 Å². The van der Waals surface area contributed by atoms with Gasteiger partial charge < -0.3 is 4.90 Å². The van der Waals surface area contributed by atoms with Crippen LogP contribution in [0.2, 0.25) is 0 Å². The second-order valence-electron chi connectivity index (χ2n) is 5.69. The van der Waals surface area contributed by atoms with Gasteiger partial charge in [0.2, 0.25) is 0 Å². The molecule has 0 amide bonds. The fourth-order valence-corrected chi connectivity index (χ4v) is 2.42. The third-order valence-corrected chi connectivity index (χ3v) is 3.28. The van der Waals surface area contributed by atoms with E-state index in [0.29, 0.717) is 11.8 Å². The van der Waals surface area contributed by atoms with Gasteiger partial charge in [0.15, 0.2) is 0 Å². The lowest BCUT2D eigenvalue weighted by atomic mass is 9.90. The molecule has 0 aliphatic rings. The molecule has 0 atom stereocenters. The minimum atomic E-state index is 0.546. The molecule has 1 nitrogen and oxygen atoms in total. The van der Waals surface area contributed by atoms with E-state index in [1.54, 1.807) is 0 Å². The molecule has 0 unspecified atom stereocenters. The van der Waals surface area contributed by atoms with Crippen molar-refractivity contribution in [2.24, 2.45) is 0 Å². The molecule has 1 heteroatoms. The molecule has 0 aromatic heterocycles. The molecule has 0 saturated heterocycles. The highest BCUT2D eigenvalue weighted by atomic mass is 15.1. The molecule has 0 fully saturated rings. The maximum Gasteiger partial charge on any atom is 0.0473 e. The molecule has 0 bridgehead atoms. The molecule has 100 valence electrons. The first kappa shape index (κ1) is 14.8. The minimum absolute atomic E-state index is 0.546. The number of nitrogens with zero attached hydrogens (tertiary/aromatic N) is 1. The van der Waals surface area contributed by atoms with Crippen LogP contribution < -0.4 is 4.90 Å². The van der Waals surface area contributed by atoms with E-state index in [1.807, 2.05) is 0 Å². The normalized spacial score (nSPS) is 11.8. The number of aryl methyl sites for hydroxylation is 1. The summed E-state index contributed by atoms with van der Waals surface area (Å²) in [5.41, 5.74) is 5.63. The van der Waals surface area contributed by atoms with Crippen LogP contribution in [0.5, 0.6) is 0 Å². The summed E-state index contributed by atoms with van der Waals surface area (Å²) in [6.45, 7) is 13.3. The Morgan fingerprint density at radius 3 is 1.78 bits per heavy atom. The van der Waals surface area contributed by atoms with Gasteiger partial charge in [-0.3, -0.25) is 0 Å². The van der Waals surface area contributed by atoms with Crippen molar-refractivity contribution in [3.05, 3.63) is 41.1 Å². The fraction of sp³-hybridized carbons (Fsp3) is 0.529. The SMILES string of the molecule is CC=CN(C)c1c(C(C)C)cc(C)cc1C(C)C. The quantitative estimate of drug-likeness (QED) is 0.703.